The van der Waals surface area contributed by atoms with Crippen molar-refractivity contribution >= 4 is 28.8 Å². The van der Waals surface area contributed by atoms with Gasteiger partial charge in [-0.1, -0.05) is 31.3 Å². The van der Waals surface area contributed by atoms with Crippen LogP contribution < -0.4 is 51.4 Å². The van der Waals surface area contributed by atoms with Gasteiger partial charge in [0.05, 0.1) is 0 Å². The first kappa shape index (κ1) is 17.2. The zero-order valence-electron chi connectivity index (χ0n) is 6.18. The molecule has 0 fully saturated rings. The maximum atomic E-state index is 9.87. The van der Waals surface area contributed by atoms with E-state index in [2.05, 4.69) is 19.6 Å². The van der Waals surface area contributed by atoms with Gasteiger partial charge in [0.1, 0.15) is 0 Å². The number of hydrogen-bond acceptors (Lipinski definition) is 2. The van der Waals surface area contributed by atoms with E-state index in [1.807, 2.05) is 6.92 Å². The molecule has 0 aliphatic heterocycles. The van der Waals surface area contributed by atoms with Crippen LogP contribution in [0.25, 0.3) is 0 Å². The van der Waals surface area contributed by atoms with Crippen molar-refractivity contribution in [2.24, 2.45) is 0 Å². The zero-order chi connectivity index (χ0) is 6.99. The Kier molecular flexibility index (Phi) is 31.6. The van der Waals surface area contributed by atoms with Gasteiger partial charge in [-0.25, -0.2) is 0 Å². The number of thioether (sulfide) groups is 1. The van der Waals surface area contributed by atoms with E-state index in [1.54, 1.807) is 6.92 Å². The number of rotatable bonds is 1. The van der Waals surface area contributed by atoms with Crippen molar-refractivity contribution in [2.45, 2.75) is 13.8 Å². The van der Waals surface area contributed by atoms with Crippen LogP contribution in [0.3, 0.4) is 0 Å². The second kappa shape index (κ2) is 16.5. The molecule has 0 atom stereocenters. The fraction of sp³-hybridized carbons (Fsp3) is 0.600. The zero-order valence-corrected chi connectivity index (χ0v) is 11.0. The van der Waals surface area contributed by atoms with E-state index in [9.17, 15) is 4.79 Å². The predicted molar refractivity (Wildman–Crippen MR) is 43.5 cm³/mol. The van der Waals surface area contributed by atoms with Crippen LogP contribution in [0.4, 0.5) is 4.79 Å². The minimum absolute atomic E-state index is 0. The molecule has 0 unspecified atom stereocenters. The standard InChI is InChI=1S/C3H6OS2.C2H5.K/c1-2-6-3(4)5;1-2;/h2H2,1H3,(H,4,5);1H2,2H3;/q;-1;+1. The monoisotopic (exact) mass is 190 g/mol. The first-order chi connectivity index (χ1) is 3.77. The Labute approximate surface area is 110 Å². The number of thiol groups is 1. The molecule has 0 saturated heterocycles. The average Bonchev–Trinajstić information content (AvgIpc) is 1.72. The number of carbonyl (C=O) groups is 1. The van der Waals surface area contributed by atoms with Crippen LogP contribution in [0.15, 0.2) is 0 Å². The molecule has 0 amide bonds. The van der Waals surface area contributed by atoms with Gasteiger partial charge in [0.15, 0.2) is 0 Å². The molecule has 0 N–H and O–H groups in total. The second-order valence-electron chi connectivity index (χ2n) is 0.699. The van der Waals surface area contributed by atoms with Crippen molar-refractivity contribution in [1.82, 2.24) is 0 Å². The van der Waals surface area contributed by atoms with Gasteiger partial charge in [-0.15, -0.1) is 0 Å². The topological polar surface area (TPSA) is 17.1 Å². The summed E-state index contributed by atoms with van der Waals surface area (Å²) >= 11 is 4.71. The third-order valence-electron chi connectivity index (χ3n) is 0.268. The summed E-state index contributed by atoms with van der Waals surface area (Å²) < 4.78 is -0.0995. The summed E-state index contributed by atoms with van der Waals surface area (Å²) in [7, 11) is 0. The Balaban J connectivity index is -0.000000109. The van der Waals surface area contributed by atoms with Crippen LogP contribution in [0.2, 0.25) is 0 Å². The van der Waals surface area contributed by atoms with Crippen LogP contribution >= 0.6 is 24.4 Å². The summed E-state index contributed by atoms with van der Waals surface area (Å²) in [6, 6.07) is 0. The molecule has 4 heteroatoms. The van der Waals surface area contributed by atoms with E-state index >= 15 is 0 Å². The van der Waals surface area contributed by atoms with Gasteiger partial charge in [0.2, 0.25) is 4.45 Å². The number of hydrogen-bond donors (Lipinski definition) is 1. The van der Waals surface area contributed by atoms with E-state index < -0.39 is 0 Å². The molecule has 0 aromatic rings. The van der Waals surface area contributed by atoms with Gasteiger partial charge in [-0.3, -0.25) is 4.79 Å². The van der Waals surface area contributed by atoms with Crippen LogP contribution in [0.5, 0.6) is 0 Å². The molecule has 0 rings (SSSR count). The predicted octanol–water partition coefficient (Wildman–Crippen LogP) is -0.366. The van der Waals surface area contributed by atoms with Crippen molar-refractivity contribution in [3.05, 3.63) is 6.92 Å². The Morgan fingerprint density at radius 3 is 2.00 bits per heavy atom. The largest absolute Gasteiger partial charge is 1.00 e. The molecule has 1 nitrogen and oxygen atoms in total. The van der Waals surface area contributed by atoms with Crippen LogP contribution in [0, 0.1) is 6.92 Å². The van der Waals surface area contributed by atoms with Gasteiger partial charge in [0.25, 0.3) is 0 Å². The van der Waals surface area contributed by atoms with Crippen molar-refractivity contribution in [3.63, 3.8) is 0 Å². The molecule has 0 aromatic carbocycles. The molecular formula is C5H11KOS2. The molecule has 0 saturated carbocycles. The van der Waals surface area contributed by atoms with Crippen molar-refractivity contribution in [3.8, 4) is 0 Å². The number of carbonyl (C=O) groups excluding carboxylic acids is 1. The Bertz CT molecular complexity index is 58.9. The van der Waals surface area contributed by atoms with E-state index in [0.717, 1.165) is 5.75 Å². The molecule has 0 aliphatic rings. The first-order valence-corrected chi connectivity index (χ1v) is 3.77. The van der Waals surface area contributed by atoms with Crippen molar-refractivity contribution < 1.29 is 56.2 Å². The van der Waals surface area contributed by atoms with Gasteiger partial charge in [-0.05, 0) is 5.75 Å². The summed E-state index contributed by atoms with van der Waals surface area (Å²) in [5.74, 6) is 0.822. The molecule has 0 radical (unpaired) electrons. The molecule has 0 heterocycles. The first-order valence-electron chi connectivity index (χ1n) is 2.33. The third-order valence-corrected chi connectivity index (χ3v) is 1.19. The molecule has 0 bridgehead atoms. The summed E-state index contributed by atoms with van der Waals surface area (Å²) in [5.41, 5.74) is 0. The molecule has 9 heavy (non-hydrogen) atoms. The van der Waals surface area contributed by atoms with Gasteiger partial charge in [0, 0.05) is 0 Å². The Morgan fingerprint density at radius 1 is 1.67 bits per heavy atom. The fourth-order valence-corrected chi connectivity index (χ4v) is 0.758. The van der Waals surface area contributed by atoms with E-state index in [0.29, 0.717) is 0 Å². The average molecular weight is 190 g/mol. The summed E-state index contributed by atoms with van der Waals surface area (Å²) in [4.78, 5) is 9.87. The Morgan fingerprint density at radius 2 is 2.00 bits per heavy atom. The minimum atomic E-state index is -0.0995. The van der Waals surface area contributed by atoms with Crippen molar-refractivity contribution in [2.75, 3.05) is 5.75 Å². The molecule has 0 aliphatic carbocycles. The molecule has 0 spiro atoms. The van der Waals surface area contributed by atoms with Crippen LogP contribution in [-0.2, 0) is 0 Å². The molecule has 0 aromatic heterocycles. The summed E-state index contributed by atoms with van der Waals surface area (Å²) in [6.45, 7) is 6.92. The normalized spacial score (nSPS) is 6.22. The third kappa shape index (κ3) is 25.6. The second-order valence-corrected chi connectivity index (χ2v) is 2.64. The maximum absolute atomic E-state index is 9.87. The van der Waals surface area contributed by atoms with Crippen LogP contribution in [0.1, 0.15) is 13.8 Å². The van der Waals surface area contributed by atoms with Gasteiger partial charge >= 0.3 is 51.4 Å². The SMILES string of the molecule is CCSC(=O)S.[CH2-]C.[K+]. The minimum Gasteiger partial charge on any atom is -0.346 e. The van der Waals surface area contributed by atoms with E-state index in [4.69, 9.17) is 0 Å². The maximum Gasteiger partial charge on any atom is 1.00 e. The summed E-state index contributed by atoms with van der Waals surface area (Å²) in [5, 5.41) is 0. The van der Waals surface area contributed by atoms with E-state index in [-0.39, 0.29) is 55.8 Å². The quantitative estimate of drug-likeness (QED) is 0.345. The van der Waals surface area contributed by atoms with Gasteiger partial charge in [-0.2, -0.15) is 6.92 Å². The smallest absolute Gasteiger partial charge is 0.346 e. The van der Waals surface area contributed by atoms with Gasteiger partial charge < -0.3 is 6.92 Å². The van der Waals surface area contributed by atoms with Crippen LogP contribution in [-0.4, -0.2) is 10.2 Å². The van der Waals surface area contributed by atoms with Crippen molar-refractivity contribution in [1.29, 1.82) is 0 Å². The summed E-state index contributed by atoms with van der Waals surface area (Å²) in [6.07, 6.45) is 0. The van der Waals surface area contributed by atoms with E-state index in [1.165, 1.54) is 11.8 Å². The molecular weight excluding hydrogens is 179 g/mol. The fourth-order valence-electron chi connectivity index (χ4n) is 0.123. The molecule has 50 valence electrons. The Hall–Kier alpha value is 2.01.